The average Bonchev–Trinajstić information content (AvgIpc) is 2.41. The molecular formula is C15H24N2O. The second-order valence-corrected chi connectivity index (χ2v) is 5.17. The van der Waals surface area contributed by atoms with E-state index in [-0.39, 0.29) is 6.61 Å². The third-order valence-corrected chi connectivity index (χ3v) is 3.72. The molecule has 0 aromatic heterocycles. The molecule has 18 heavy (non-hydrogen) atoms. The molecule has 2 N–H and O–H groups in total. The van der Waals surface area contributed by atoms with Gasteiger partial charge in [0.1, 0.15) is 0 Å². The molecule has 1 fully saturated rings. The number of aliphatic hydroxyl groups excluding tert-OH is 1. The summed E-state index contributed by atoms with van der Waals surface area (Å²) in [6.07, 6.45) is 6.70. The van der Waals surface area contributed by atoms with Gasteiger partial charge in [-0.3, -0.25) is 0 Å². The fourth-order valence-electron chi connectivity index (χ4n) is 2.57. The van der Waals surface area contributed by atoms with Gasteiger partial charge in [0.25, 0.3) is 0 Å². The molecule has 0 radical (unpaired) electrons. The molecule has 3 nitrogen and oxygen atoms in total. The highest BCUT2D eigenvalue weighted by Crippen LogP contribution is 2.23. The summed E-state index contributed by atoms with van der Waals surface area (Å²) >= 11 is 0. The molecule has 0 amide bonds. The first-order chi connectivity index (χ1) is 8.79. The summed E-state index contributed by atoms with van der Waals surface area (Å²) in [5.74, 6) is 0. The van der Waals surface area contributed by atoms with Crippen molar-refractivity contribution in [2.45, 2.75) is 38.1 Å². The molecule has 0 aliphatic heterocycles. The molecule has 0 atom stereocenters. The van der Waals surface area contributed by atoms with Crippen LogP contribution in [0.5, 0.6) is 0 Å². The summed E-state index contributed by atoms with van der Waals surface area (Å²) in [5.41, 5.74) is 2.36. The Bertz CT molecular complexity index is 344. The van der Waals surface area contributed by atoms with E-state index in [4.69, 9.17) is 5.11 Å². The van der Waals surface area contributed by atoms with Crippen molar-refractivity contribution in [2.75, 3.05) is 30.4 Å². The SMILES string of the molecule is CN(CCO)c1ccc(NC2CCCCC2)cc1. The van der Waals surface area contributed by atoms with E-state index < -0.39 is 0 Å². The molecule has 1 saturated carbocycles. The van der Waals surface area contributed by atoms with Gasteiger partial charge in [0.05, 0.1) is 6.61 Å². The number of nitrogens with one attached hydrogen (secondary N) is 1. The molecule has 0 bridgehead atoms. The lowest BCUT2D eigenvalue weighted by Gasteiger charge is -2.24. The number of likely N-dealkylation sites (N-methyl/N-ethyl adjacent to an activating group) is 1. The molecule has 0 spiro atoms. The van der Waals surface area contributed by atoms with Crippen molar-refractivity contribution < 1.29 is 5.11 Å². The summed E-state index contributed by atoms with van der Waals surface area (Å²) in [6, 6.07) is 9.15. The fourth-order valence-corrected chi connectivity index (χ4v) is 2.57. The number of benzene rings is 1. The van der Waals surface area contributed by atoms with Gasteiger partial charge in [-0.2, -0.15) is 0 Å². The molecule has 1 aromatic carbocycles. The Morgan fingerprint density at radius 1 is 1.17 bits per heavy atom. The molecule has 0 heterocycles. The van der Waals surface area contributed by atoms with E-state index in [1.807, 2.05) is 7.05 Å². The van der Waals surface area contributed by atoms with E-state index in [1.165, 1.54) is 37.8 Å². The van der Waals surface area contributed by atoms with Crippen LogP contribution in [-0.4, -0.2) is 31.3 Å². The molecule has 3 heteroatoms. The van der Waals surface area contributed by atoms with Crippen LogP contribution >= 0.6 is 0 Å². The smallest absolute Gasteiger partial charge is 0.0606 e. The van der Waals surface area contributed by atoms with Crippen LogP contribution in [0.2, 0.25) is 0 Å². The van der Waals surface area contributed by atoms with Crippen LogP contribution in [-0.2, 0) is 0 Å². The van der Waals surface area contributed by atoms with Gasteiger partial charge >= 0.3 is 0 Å². The minimum atomic E-state index is 0.193. The van der Waals surface area contributed by atoms with Crippen LogP contribution in [0.3, 0.4) is 0 Å². The van der Waals surface area contributed by atoms with E-state index in [9.17, 15) is 0 Å². The highest BCUT2D eigenvalue weighted by atomic mass is 16.3. The van der Waals surface area contributed by atoms with Gasteiger partial charge < -0.3 is 15.3 Å². The summed E-state index contributed by atoms with van der Waals surface area (Å²) in [6.45, 7) is 0.869. The lowest BCUT2D eigenvalue weighted by atomic mass is 9.95. The summed E-state index contributed by atoms with van der Waals surface area (Å²) in [4.78, 5) is 2.06. The van der Waals surface area contributed by atoms with Crippen molar-refractivity contribution in [3.8, 4) is 0 Å². The van der Waals surface area contributed by atoms with Gasteiger partial charge in [-0.1, -0.05) is 19.3 Å². The zero-order valence-corrected chi connectivity index (χ0v) is 11.2. The molecule has 2 rings (SSSR count). The Hall–Kier alpha value is -1.22. The molecule has 1 aromatic rings. The molecule has 0 saturated heterocycles. The van der Waals surface area contributed by atoms with Crippen molar-refractivity contribution in [1.82, 2.24) is 0 Å². The van der Waals surface area contributed by atoms with Gasteiger partial charge in [0, 0.05) is 31.0 Å². The molecule has 100 valence electrons. The first-order valence-electron chi connectivity index (χ1n) is 6.98. The molecule has 1 aliphatic rings. The Labute approximate surface area is 110 Å². The largest absolute Gasteiger partial charge is 0.395 e. The van der Waals surface area contributed by atoms with E-state index in [0.29, 0.717) is 12.6 Å². The normalized spacial score (nSPS) is 16.6. The second kappa shape index (κ2) is 6.64. The minimum Gasteiger partial charge on any atom is -0.395 e. The average molecular weight is 248 g/mol. The predicted molar refractivity (Wildman–Crippen MR) is 77.3 cm³/mol. The van der Waals surface area contributed by atoms with Gasteiger partial charge in [-0.25, -0.2) is 0 Å². The Kier molecular flexibility index (Phi) is 4.88. The predicted octanol–water partition coefficient (Wildman–Crippen LogP) is 2.86. The van der Waals surface area contributed by atoms with Crippen molar-refractivity contribution in [3.05, 3.63) is 24.3 Å². The molecule has 1 aliphatic carbocycles. The monoisotopic (exact) mass is 248 g/mol. The zero-order valence-electron chi connectivity index (χ0n) is 11.2. The van der Waals surface area contributed by atoms with Crippen molar-refractivity contribution in [3.63, 3.8) is 0 Å². The first-order valence-corrected chi connectivity index (χ1v) is 6.98. The van der Waals surface area contributed by atoms with Gasteiger partial charge in [0.2, 0.25) is 0 Å². The van der Waals surface area contributed by atoms with Crippen LogP contribution in [0, 0.1) is 0 Å². The number of aliphatic hydroxyl groups is 1. The van der Waals surface area contributed by atoms with Gasteiger partial charge in [-0.15, -0.1) is 0 Å². The van der Waals surface area contributed by atoms with E-state index in [2.05, 4.69) is 34.5 Å². The standard InChI is InChI=1S/C15H24N2O/c1-17(11-12-18)15-9-7-14(8-10-15)16-13-5-3-2-4-6-13/h7-10,13,16,18H,2-6,11-12H2,1H3. The lowest BCUT2D eigenvalue weighted by Crippen LogP contribution is -2.23. The zero-order chi connectivity index (χ0) is 12.8. The topological polar surface area (TPSA) is 35.5 Å². The summed E-state index contributed by atoms with van der Waals surface area (Å²) in [7, 11) is 2.00. The Balaban J connectivity index is 1.90. The van der Waals surface area contributed by atoms with Crippen LogP contribution in [0.15, 0.2) is 24.3 Å². The molecular weight excluding hydrogens is 224 g/mol. The Morgan fingerprint density at radius 3 is 2.44 bits per heavy atom. The number of hydrogen-bond acceptors (Lipinski definition) is 3. The van der Waals surface area contributed by atoms with Crippen LogP contribution in [0.1, 0.15) is 32.1 Å². The number of rotatable bonds is 5. The van der Waals surface area contributed by atoms with E-state index >= 15 is 0 Å². The number of nitrogens with zero attached hydrogens (tertiary/aromatic N) is 1. The van der Waals surface area contributed by atoms with Crippen molar-refractivity contribution in [2.24, 2.45) is 0 Å². The summed E-state index contributed by atoms with van der Waals surface area (Å²) in [5, 5.41) is 12.5. The van der Waals surface area contributed by atoms with Crippen LogP contribution in [0.4, 0.5) is 11.4 Å². The third kappa shape index (κ3) is 3.64. The highest BCUT2D eigenvalue weighted by Gasteiger charge is 2.12. The highest BCUT2D eigenvalue weighted by molar-refractivity contribution is 5.55. The summed E-state index contributed by atoms with van der Waals surface area (Å²) < 4.78 is 0. The third-order valence-electron chi connectivity index (χ3n) is 3.72. The maximum Gasteiger partial charge on any atom is 0.0606 e. The number of anilines is 2. The van der Waals surface area contributed by atoms with Gasteiger partial charge in [-0.05, 0) is 37.1 Å². The van der Waals surface area contributed by atoms with Crippen LogP contribution in [0.25, 0.3) is 0 Å². The van der Waals surface area contributed by atoms with Gasteiger partial charge in [0.15, 0.2) is 0 Å². The van der Waals surface area contributed by atoms with E-state index in [1.54, 1.807) is 0 Å². The fraction of sp³-hybridized carbons (Fsp3) is 0.600. The quantitative estimate of drug-likeness (QED) is 0.841. The first kappa shape index (κ1) is 13.2. The van der Waals surface area contributed by atoms with Crippen LogP contribution < -0.4 is 10.2 Å². The minimum absolute atomic E-state index is 0.193. The van der Waals surface area contributed by atoms with E-state index in [0.717, 1.165) is 5.69 Å². The Morgan fingerprint density at radius 2 is 1.83 bits per heavy atom. The molecule has 0 unspecified atom stereocenters. The second-order valence-electron chi connectivity index (χ2n) is 5.17. The lowest BCUT2D eigenvalue weighted by molar-refractivity contribution is 0.304. The number of hydrogen-bond donors (Lipinski definition) is 2. The van der Waals surface area contributed by atoms with Crippen molar-refractivity contribution >= 4 is 11.4 Å². The maximum absolute atomic E-state index is 8.91. The maximum atomic E-state index is 8.91. The van der Waals surface area contributed by atoms with Crippen molar-refractivity contribution in [1.29, 1.82) is 0 Å².